The van der Waals surface area contributed by atoms with Crippen molar-refractivity contribution in [2.45, 2.75) is 6.92 Å². The van der Waals surface area contributed by atoms with Crippen LogP contribution >= 0.6 is 23.2 Å². The maximum Gasteiger partial charge on any atom is 0.135 e. The van der Waals surface area contributed by atoms with Crippen molar-refractivity contribution in [1.29, 1.82) is 0 Å². The number of allylic oxidation sites excluding steroid dienone is 1. The summed E-state index contributed by atoms with van der Waals surface area (Å²) in [7, 11) is 0. The topological polar surface area (TPSA) is 51.8 Å². The van der Waals surface area contributed by atoms with Crippen LogP contribution in [0.4, 0.5) is 5.82 Å². The molecule has 2 N–H and O–H groups in total. The van der Waals surface area contributed by atoms with Crippen molar-refractivity contribution in [2.24, 2.45) is 0 Å². The minimum Gasteiger partial charge on any atom is -0.383 e. The molecule has 2 aromatic carbocycles. The Morgan fingerprint density at radius 3 is 2.50 bits per heavy atom. The van der Waals surface area contributed by atoms with E-state index in [-0.39, 0.29) is 0 Å². The molecule has 0 amide bonds. The Morgan fingerprint density at radius 1 is 1.09 bits per heavy atom. The van der Waals surface area contributed by atoms with E-state index in [0.29, 0.717) is 15.9 Å². The Bertz CT molecular complexity index is 811. The fourth-order valence-corrected chi connectivity index (χ4v) is 2.34. The molecular weight excluding hydrogens is 317 g/mol. The number of hydrogen-bond donors (Lipinski definition) is 1. The first-order chi connectivity index (χ1) is 10.6. The highest BCUT2D eigenvalue weighted by molar-refractivity contribution is 6.42. The average molecular weight is 332 g/mol. The Labute approximate surface area is 139 Å². The van der Waals surface area contributed by atoms with Crippen LogP contribution in [0.25, 0.3) is 22.0 Å². The Morgan fingerprint density at radius 2 is 1.82 bits per heavy atom. The molecule has 3 nitrogen and oxygen atoms in total. The molecule has 0 aliphatic heterocycles. The van der Waals surface area contributed by atoms with Crippen molar-refractivity contribution in [3.63, 3.8) is 0 Å². The Kier molecular flexibility index (Phi) is 5.36. The number of rotatable bonds is 1. The van der Waals surface area contributed by atoms with E-state index in [1.54, 1.807) is 12.1 Å². The minimum absolute atomic E-state index is 0.451. The number of nitrogens with two attached hydrogens (primary N) is 1. The van der Waals surface area contributed by atoms with Gasteiger partial charge in [-0.1, -0.05) is 47.5 Å². The Balaban J connectivity index is 0.000000545. The largest absolute Gasteiger partial charge is 0.383 e. The molecule has 0 saturated heterocycles. The van der Waals surface area contributed by atoms with Gasteiger partial charge in [-0.05, 0) is 36.2 Å². The van der Waals surface area contributed by atoms with Gasteiger partial charge < -0.3 is 5.73 Å². The lowest BCUT2D eigenvalue weighted by atomic mass is 10.0. The lowest BCUT2D eigenvalue weighted by Crippen LogP contribution is -1.95. The molecule has 3 rings (SSSR count). The molecule has 0 fully saturated rings. The number of anilines is 1. The van der Waals surface area contributed by atoms with Gasteiger partial charge in [-0.3, -0.25) is 0 Å². The molecule has 22 heavy (non-hydrogen) atoms. The van der Waals surface area contributed by atoms with E-state index in [9.17, 15) is 0 Å². The van der Waals surface area contributed by atoms with Crippen LogP contribution < -0.4 is 5.73 Å². The van der Waals surface area contributed by atoms with E-state index >= 15 is 0 Å². The maximum atomic E-state index is 6.06. The standard InChI is InChI=1S/C14H9Cl2N3.C3H6/c15-10-5-4-8(6-11(10)16)9-2-1-3-12-13(9)14(17)19-7-18-12;1-3-2/h1-7H,(H2,17,18,19);3H,1H2,2H3. The lowest BCUT2D eigenvalue weighted by Gasteiger charge is -2.08. The fourth-order valence-electron chi connectivity index (χ4n) is 2.04. The number of benzene rings is 2. The maximum absolute atomic E-state index is 6.06. The zero-order valence-corrected chi connectivity index (χ0v) is 13.6. The quantitative estimate of drug-likeness (QED) is 0.609. The van der Waals surface area contributed by atoms with Crippen LogP contribution in [0.2, 0.25) is 10.0 Å². The summed E-state index contributed by atoms with van der Waals surface area (Å²) in [6.07, 6.45) is 3.20. The van der Waals surface area contributed by atoms with Gasteiger partial charge in [0.05, 0.1) is 20.9 Å². The van der Waals surface area contributed by atoms with Crippen LogP contribution in [0.1, 0.15) is 6.92 Å². The molecule has 5 heteroatoms. The van der Waals surface area contributed by atoms with Gasteiger partial charge in [-0.25, -0.2) is 9.97 Å². The van der Waals surface area contributed by atoms with Gasteiger partial charge in [0.1, 0.15) is 12.1 Å². The lowest BCUT2D eigenvalue weighted by molar-refractivity contribution is 1.23. The van der Waals surface area contributed by atoms with E-state index < -0.39 is 0 Å². The van der Waals surface area contributed by atoms with Crippen molar-refractivity contribution in [1.82, 2.24) is 9.97 Å². The van der Waals surface area contributed by atoms with Gasteiger partial charge in [0.15, 0.2) is 0 Å². The zero-order chi connectivity index (χ0) is 16.1. The van der Waals surface area contributed by atoms with Crippen LogP contribution in [0.5, 0.6) is 0 Å². The minimum atomic E-state index is 0.451. The predicted octanol–water partition coefficient (Wildman–Crippen LogP) is 5.38. The normalized spacial score (nSPS) is 9.95. The molecule has 0 saturated carbocycles. The second-order valence-corrected chi connectivity index (χ2v) is 5.31. The number of halogens is 2. The highest BCUT2D eigenvalue weighted by Gasteiger charge is 2.09. The summed E-state index contributed by atoms with van der Waals surface area (Å²) >= 11 is 12.0. The zero-order valence-electron chi connectivity index (χ0n) is 12.1. The molecule has 0 spiro atoms. The molecule has 1 heterocycles. The number of fused-ring (bicyclic) bond motifs is 1. The van der Waals surface area contributed by atoms with Crippen LogP contribution in [-0.4, -0.2) is 9.97 Å². The first kappa shape index (κ1) is 16.3. The van der Waals surface area contributed by atoms with Crippen LogP contribution in [0, 0.1) is 0 Å². The van der Waals surface area contributed by atoms with Crippen molar-refractivity contribution >= 4 is 39.9 Å². The average Bonchev–Trinajstić information content (AvgIpc) is 2.51. The van der Waals surface area contributed by atoms with Gasteiger partial charge in [-0.2, -0.15) is 0 Å². The van der Waals surface area contributed by atoms with E-state index in [4.69, 9.17) is 28.9 Å². The third kappa shape index (κ3) is 3.38. The van der Waals surface area contributed by atoms with Crippen molar-refractivity contribution in [3.8, 4) is 11.1 Å². The van der Waals surface area contributed by atoms with Gasteiger partial charge in [0.2, 0.25) is 0 Å². The second-order valence-electron chi connectivity index (χ2n) is 4.50. The van der Waals surface area contributed by atoms with E-state index in [1.807, 2.05) is 37.3 Å². The molecule has 3 aromatic rings. The van der Waals surface area contributed by atoms with E-state index in [0.717, 1.165) is 22.0 Å². The first-order valence-corrected chi connectivity index (χ1v) is 7.35. The highest BCUT2D eigenvalue weighted by atomic mass is 35.5. The summed E-state index contributed by atoms with van der Waals surface area (Å²) in [5.74, 6) is 0.451. The number of nitrogen functional groups attached to an aromatic ring is 1. The van der Waals surface area contributed by atoms with Gasteiger partial charge in [0, 0.05) is 0 Å². The summed E-state index contributed by atoms with van der Waals surface area (Å²) in [4.78, 5) is 8.26. The van der Waals surface area contributed by atoms with Crippen molar-refractivity contribution in [3.05, 3.63) is 65.4 Å². The van der Waals surface area contributed by atoms with E-state index in [1.165, 1.54) is 6.33 Å². The van der Waals surface area contributed by atoms with Crippen LogP contribution in [-0.2, 0) is 0 Å². The second kappa shape index (κ2) is 7.25. The summed E-state index contributed by atoms with van der Waals surface area (Å²) < 4.78 is 0. The molecule has 0 unspecified atom stereocenters. The molecular formula is C17H15Cl2N3. The molecule has 1 aromatic heterocycles. The van der Waals surface area contributed by atoms with Gasteiger partial charge >= 0.3 is 0 Å². The molecule has 0 aliphatic carbocycles. The monoisotopic (exact) mass is 331 g/mol. The number of aromatic nitrogens is 2. The van der Waals surface area contributed by atoms with E-state index in [2.05, 4.69) is 16.5 Å². The van der Waals surface area contributed by atoms with Crippen molar-refractivity contribution in [2.75, 3.05) is 5.73 Å². The first-order valence-electron chi connectivity index (χ1n) is 6.60. The van der Waals surface area contributed by atoms with Gasteiger partial charge in [0.25, 0.3) is 0 Å². The van der Waals surface area contributed by atoms with Gasteiger partial charge in [-0.15, -0.1) is 6.58 Å². The fraction of sp³-hybridized carbons (Fsp3) is 0.0588. The Hall–Kier alpha value is -2.10. The molecule has 112 valence electrons. The predicted molar refractivity (Wildman–Crippen MR) is 95.3 cm³/mol. The smallest absolute Gasteiger partial charge is 0.135 e. The third-order valence-electron chi connectivity index (χ3n) is 2.92. The number of hydrogen-bond acceptors (Lipinski definition) is 3. The summed E-state index contributed by atoms with van der Waals surface area (Å²) in [6, 6.07) is 11.3. The summed E-state index contributed by atoms with van der Waals surface area (Å²) in [5.41, 5.74) is 8.63. The summed E-state index contributed by atoms with van der Waals surface area (Å²) in [6.45, 7) is 5.25. The SMILES string of the molecule is C=CC.Nc1ncnc2cccc(-c3ccc(Cl)c(Cl)c3)c12. The molecule has 0 atom stereocenters. The highest BCUT2D eigenvalue weighted by Crippen LogP contribution is 2.33. The van der Waals surface area contributed by atoms with Crippen LogP contribution in [0.3, 0.4) is 0 Å². The number of nitrogens with zero attached hydrogens (tertiary/aromatic N) is 2. The summed E-state index contributed by atoms with van der Waals surface area (Å²) in [5, 5.41) is 1.85. The van der Waals surface area contributed by atoms with Crippen molar-refractivity contribution < 1.29 is 0 Å². The third-order valence-corrected chi connectivity index (χ3v) is 3.66. The molecule has 0 radical (unpaired) electrons. The molecule has 0 bridgehead atoms. The van der Waals surface area contributed by atoms with Crippen LogP contribution in [0.15, 0.2) is 55.4 Å². The molecule has 0 aliphatic rings.